The third-order valence-corrected chi connectivity index (χ3v) is 3.67. The molecule has 0 bridgehead atoms. The number of nitriles is 1. The molecule has 8 nitrogen and oxygen atoms in total. The van der Waals surface area contributed by atoms with Crippen LogP contribution in [-0.2, 0) is 4.79 Å². The van der Waals surface area contributed by atoms with Crippen molar-refractivity contribution in [2.24, 2.45) is 0 Å². The van der Waals surface area contributed by atoms with Crippen LogP contribution in [0.15, 0.2) is 23.0 Å². The standard InChI is InChI=1S/C16H14N4O4S2/c1-23-12-4-2-3-9(14(12)24-8-13(21)20-26)5-6-11-10(7-17)15(22)19-16(25)18-11/h2-6,26H,8H2,1H3,(H,20,21)(H2,18,19,22,25)/b6-5+. The molecule has 0 fully saturated rings. The molecule has 0 radical (unpaired) electrons. The first kappa shape index (κ1) is 19.3. The molecule has 0 saturated carbocycles. The van der Waals surface area contributed by atoms with Gasteiger partial charge >= 0.3 is 0 Å². The van der Waals surface area contributed by atoms with Crippen molar-refractivity contribution < 1.29 is 14.3 Å². The molecule has 0 atom stereocenters. The minimum absolute atomic E-state index is 0.0983. The second kappa shape index (κ2) is 8.89. The number of amides is 1. The molecular formula is C16H14N4O4S2. The zero-order valence-electron chi connectivity index (χ0n) is 13.5. The van der Waals surface area contributed by atoms with Gasteiger partial charge in [0.1, 0.15) is 11.6 Å². The molecule has 0 aliphatic heterocycles. The summed E-state index contributed by atoms with van der Waals surface area (Å²) in [5, 5.41) is 9.14. The lowest BCUT2D eigenvalue weighted by Crippen LogP contribution is -2.21. The quantitative estimate of drug-likeness (QED) is 0.441. The number of nitrogens with one attached hydrogen (secondary N) is 3. The lowest BCUT2D eigenvalue weighted by atomic mass is 10.1. The number of para-hydroxylation sites is 1. The molecule has 0 spiro atoms. The highest BCUT2D eigenvalue weighted by Gasteiger charge is 2.11. The third-order valence-electron chi connectivity index (χ3n) is 3.21. The minimum atomic E-state index is -0.580. The van der Waals surface area contributed by atoms with Gasteiger partial charge in [-0.15, -0.1) is 0 Å². The maximum Gasteiger partial charge on any atom is 0.270 e. The van der Waals surface area contributed by atoms with Crippen molar-refractivity contribution in [2.75, 3.05) is 13.7 Å². The second-order valence-corrected chi connectivity index (χ2v) is 5.48. The van der Waals surface area contributed by atoms with Crippen molar-refractivity contribution in [3.05, 3.63) is 50.1 Å². The van der Waals surface area contributed by atoms with Crippen molar-refractivity contribution >= 4 is 43.1 Å². The smallest absolute Gasteiger partial charge is 0.270 e. The number of carbonyl (C=O) groups is 1. The molecule has 2 rings (SSSR count). The summed E-state index contributed by atoms with van der Waals surface area (Å²) in [7, 11) is 1.47. The number of hydrogen-bond donors (Lipinski definition) is 4. The molecule has 0 saturated heterocycles. The van der Waals surface area contributed by atoms with Gasteiger partial charge in [0.15, 0.2) is 22.9 Å². The normalized spacial score (nSPS) is 10.3. The van der Waals surface area contributed by atoms with Crippen LogP contribution in [-0.4, -0.2) is 29.6 Å². The number of hydrogen-bond acceptors (Lipinski definition) is 7. The Bertz CT molecular complexity index is 1000. The fourth-order valence-corrected chi connectivity index (χ4v) is 2.33. The van der Waals surface area contributed by atoms with Crippen LogP contribution in [0.25, 0.3) is 12.2 Å². The van der Waals surface area contributed by atoms with Crippen LogP contribution >= 0.6 is 25.0 Å². The zero-order valence-corrected chi connectivity index (χ0v) is 15.2. The molecule has 0 unspecified atom stereocenters. The highest BCUT2D eigenvalue weighted by atomic mass is 32.1. The first-order valence-electron chi connectivity index (χ1n) is 7.17. The molecule has 26 heavy (non-hydrogen) atoms. The molecular weight excluding hydrogens is 376 g/mol. The number of nitrogens with zero attached hydrogens (tertiary/aromatic N) is 1. The number of aromatic amines is 2. The van der Waals surface area contributed by atoms with E-state index < -0.39 is 11.5 Å². The van der Waals surface area contributed by atoms with E-state index in [1.807, 2.05) is 6.07 Å². The van der Waals surface area contributed by atoms with Crippen LogP contribution in [0.1, 0.15) is 16.8 Å². The average Bonchev–Trinajstić information content (AvgIpc) is 2.63. The van der Waals surface area contributed by atoms with Gasteiger partial charge in [0.25, 0.3) is 11.5 Å². The Morgan fingerprint density at radius 1 is 1.42 bits per heavy atom. The monoisotopic (exact) mass is 390 g/mol. The molecule has 1 aromatic heterocycles. The van der Waals surface area contributed by atoms with Crippen molar-refractivity contribution in [2.45, 2.75) is 0 Å². The Hall–Kier alpha value is -3.03. The van der Waals surface area contributed by atoms with Crippen molar-refractivity contribution in [1.82, 2.24) is 14.7 Å². The maximum atomic E-state index is 11.8. The molecule has 134 valence electrons. The Morgan fingerprint density at radius 2 is 2.19 bits per heavy atom. The summed E-state index contributed by atoms with van der Waals surface area (Å²) in [6, 6.07) is 6.95. The van der Waals surface area contributed by atoms with Gasteiger partial charge in [-0.2, -0.15) is 5.26 Å². The number of aromatic nitrogens is 2. The van der Waals surface area contributed by atoms with E-state index in [-0.39, 0.29) is 22.6 Å². The van der Waals surface area contributed by atoms with E-state index in [1.165, 1.54) is 13.2 Å². The molecule has 0 aliphatic carbocycles. The first-order valence-corrected chi connectivity index (χ1v) is 8.03. The molecule has 2 aromatic rings. The van der Waals surface area contributed by atoms with E-state index in [4.69, 9.17) is 27.0 Å². The lowest BCUT2D eigenvalue weighted by molar-refractivity contribution is -0.121. The van der Waals surface area contributed by atoms with Crippen LogP contribution in [0.3, 0.4) is 0 Å². The number of benzene rings is 1. The average molecular weight is 390 g/mol. The number of ether oxygens (including phenoxy) is 2. The van der Waals surface area contributed by atoms with E-state index in [0.717, 1.165) is 0 Å². The SMILES string of the molecule is COc1cccc(/C=C/c2[nH]c(=S)[nH]c(=O)c2C#N)c1OCC(=O)NS. The first-order chi connectivity index (χ1) is 12.5. The Morgan fingerprint density at radius 3 is 2.85 bits per heavy atom. The summed E-state index contributed by atoms with van der Waals surface area (Å²) in [5.41, 5.74) is 0.140. The highest BCUT2D eigenvalue weighted by molar-refractivity contribution is 7.78. The number of H-pyrrole nitrogens is 2. The molecule has 1 amide bonds. The summed E-state index contributed by atoms with van der Waals surface area (Å²) < 4.78 is 13.0. The van der Waals surface area contributed by atoms with E-state index >= 15 is 0 Å². The largest absolute Gasteiger partial charge is 0.493 e. The van der Waals surface area contributed by atoms with Gasteiger partial charge in [0, 0.05) is 5.56 Å². The van der Waals surface area contributed by atoms with Crippen LogP contribution in [0.4, 0.5) is 0 Å². The predicted octanol–water partition coefficient (Wildman–Crippen LogP) is 1.82. The zero-order chi connectivity index (χ0) is 19.1. The molecule has 10 heteroatoms. The fourth-order valence-electron chi connectivity index (χ4n) is 2.06. The van der Waals surface area contributed by atoms with Crippen LogP contribution in [0, 0.1) is 16.1 Å². The van der Waals surface area contributed by atoms with Gasteiger partial charge in [-0.05, 0) is 30.4 Å². The Balaban J connectivity index is 2.45. The summed E-state index contributed by atoms with van der Waals surface area (Å²) >= 11 is 8.59. The number of rotatable bonds is 6. The summed E-state index contributed by atoms with van der Waals surface area (Å²) in [6.07, 6.45) is 3.13. The van der Waals surface area contributed by atoms with Gasteiger partial charge in [0.05, 0.1) is 12.8 Å². The van der Waals surface area contributed by atoms with Crippen molar-refractivity contribution in [3.63, 3.8) is 0 Å². The molecule has 1 aromatic carbocycles. The van der Waals surface area contributed by atoms with Crippen LogP contribution < -0.4 is 19.8 Å². The van der Waals surface area contributed by atoms with Gasteiger partial charge in [-0.1, -0.05) is 24.9 Å². The Kier molecular flexibility index (Phi) is 6.60. The third kappa shape index (κ3) is 4.53. The van der Waals surface area contributed by atoms with Crippen LogP contribution in [0.5, 0.6) is 11.5 Å². The topological polar surface area (TPSA) is 120 Å². The lowest BCUT2D eigenvalue weighted by Gasteiger charge is -2.12. The maximum absolute atomic E-state index is 11.8. The molecule has 1 heterocycles. The van der Waals surface area contributed by atoms with E-state index in [0.29, 0.717) is 17.1 Å². The van der Waals surface area contributed by atoms with Crippen molar-refractivity contribution in [1.29, 1.82) is 5.26 Å². The predicted molar refractivity (Wildman–Crippen MR) is 102 cm³/mol. The molecule has 0 aliphatic rings. The van der Waals surface area contributed by atoms with Crippen molar-refractivity contribution in [3.8, 4) is 17.6 Å². The Labute approximate surface area is 159 Å². The number of methoxy groups -OCH3 is 1. The number of thiol groups is 1. The van der Waals surface area contributed by atoms with E-state index in [1.54, 1.807) is 24.3 Å². The number of carbonyl (C=O) groups excluding carboxylic acids is 1. The summed E-state index contributed by atoms with van der Waals surface area (Å²) in [4.78, 5) is 28.3. The van der Waals surface area contributed by atoms with Gasteiger partial charge < -0.3 is 14.5 Å². The fraction of sp³-hybridized carbons (Fsp3) is 0.125. The van der Waals surface area contributed by atoms with Gasteiger partial charge in [-0.3, -0.25) is 19.3 Å². The van der Waals surface area contributed by atoms with E-state index in [2.05, 4.69) is 27.5 Å². The second-order valence-electron chi connectivity index (χ2n) is 4.84. The van der Waals surface area contributed by atoms with Crippen LogP contribution in [0.2, 0.25) is 0 Å². The molecule has 3 N–H and O–H groups in total. The highest BCUT2D eigenvalue weighted by Crippen LogP contribution is 2.32. The van der Waals surface area contributed by atoms with E-state index in [9.17, 15) is 9.59 Å². The summed E-state index contributed by atoms with van der Waals surface area (Å²) in [6.45, 7) is -0.262. The minimum Gasteiger partial charge on any atom is -0.493 e. The van der Waals surface area contributed by atoms with Gasteiger partial charge in [-0.25, -0.2) is 0 Å². The summed E-state index contributed by atoms with van der Waals surface area (Å²) in [5.74, 6) is 0.309. The van der Waals surface area contributed by atoms with Gasteiger partial charge in [0.2, 0.25) is 0 Å².